The topological polar surface area (TPSA) is 9.23 Å². The molecule has 0 radical (unpaired) electrons. The second-order valence-electron chi connectivity index (χ2n) is 2.71. The molecule has 0 aromatic heterocycles. The van der Waals surface area contributed by atoms with Crippen molar-refractivity contribution in [3.63, 3.8) is 0 Å². The van der Waals surface area contributed by atoms with E-state index in [2.05, 4.69) is 22.0 Å². The third kappa shape index (κ3) is 0.968. The number of hydrogen-bond donors (Lipinski definition) is 0. The molecular formula is C9H9BrO. The Morgan fingerprint density at radius 3 is 2.55 bits per heavy atom. The molecule has 11 heavy (non-hydrogen) atoms. The number of methoxy groups -OCH3 is 1. The third-order valence-corrected chi connectivity index (χ3v) is 2.92. The van der Waals surface area contributed by atoms with Gasteiger partial charge in [-0.25, -0.2) is 0 Å². The largest absolute Gasteiger partial charge is 0.496 e. The summed E-state index contributed by atoms with van der Waals surface area (Å²) in [7, 11) is 1.72. The molecule has 1 aliphatic carbocycles. The van der Waals surface area contributed by atoms with Crippen LogP contribution in [0.3, 0.4) is 0 Å². The Labute approximate surface area is 74.5 Å². The number of ether oxygens (including phenoxy) is 1. The maximum atomic E-state index is 5.21. The second-order valence-corrected chi connectivity index (χ2v) is 3.56. The minimum Gasteiger partial charge on any atom is -0.496 e. The number of hydrogen-bond acceptors (Lipinski definition) is 1. The molecule has 0 spiro atoms. The highest BCUT2D eigenvalue weighted by Crippen LogP contribution is 2.36. The van der Waals surface area contributed by atoms with Crippen LogP contribution in [0.4, 0.5) is 0 Å². The van der Waals surface area contributed by atoms with E-state index in [1.807, 2.05) is 6.07 Å². The van der Waals surface area contributed by atoms with Crippen LogP contribution in [-0.4, -0.2) is 7.11 Å². The van der Waals surface area contributed by atoms with Crippen molar-refractivity contribution in [2.45, 2.75) is 12.8 Å². The van der Waals surface area contributed by atoms with Crippen molar-refractivity contribution < 1.29 is 4.74 Å². The fourth-order valence-corrected chi connectivity index (χ4v) is 2.02. The van der Waals surface area contributed by atoms with Crippen molar-refractivity contribution in [2.75, 3.05) is 7.11 Å². The number of benzene rings is 1. The van der Waals surface area contributed by atoms with E-state index in [1.54, 1.807) is 7.11 Å². The fourth-order valence-electron chi connectivity index (χ4n) is 1.45. The molecule has 1 aromatic rings. The van der Waals surface area contributed by atoms with Crippen molar-refractivity contribution >= 4 is 15.9 Å². The summed E-state index contributed by atoms with van der Waals surface area (Å²) < 4.78 is 6.43. The Hall–Kier alpha value is -0.500. The summed E-state index contributed by atoms with van der Waals surface area (Å²) in [6.07, 6.45) is 2.35. The molecule has 1 nitrogen and oxygen atoms in total. The maximum Gasteiger partial charge on any atom is 0.122 e. The van der Waals surface area contributed by atoms with Gasteiger partial charge < -0.3 is 4.74 Å². The van der Waals surface area contributed by atoms with E-state index < -0.39 is 0 Å². The molecule has 0 fully saturated rings. The van der Waals surface area contributed by atoms with Gasteiger partial charge in [0.25, 0.3) is 0 Å². The highest BCUT2D eigenvalue weighted by Gasteiger charge is 2.19. The lowest BCUT2D eigenvalue weighted by Gasteiger charge is -2.22. The van der Waals surface area contributed by atoms with Gasteiger partial charge in [0.05, 0.1) is 7.11 Å². The Balaban J connectivity index is 2.55. The zero-order valence-corrected chi connectivity index (χ0v) is 7.94. The van der Waals surface area contributed by atoms with Crippen molar-refractivity contribution in [3.8, 4) is 5.75 Å². The van der Waals surface area contributed by atoms with Crippen LogP contribution in [0.5, 0.6) is 5.75 Å². The molecule has 2 rings (SSSR count). The van der Waals surface area contributed by atoms with Gasteiger partial charge in [-0.2, -0.15) is 0 Å². The molecule has 0 unspecified atom stereocenters. The molecule has 0 aliphatic heterocycles. The Morgan fingerprint density at radius 1 is 1.27 bits per heavy atom. The maximum absolute atomic E-state index is 5.21. The molecule has 0 amide bonds. The fraction of sp³-hybridized carbons (Fsp3) is 0.333. The highest BCUT2D eigenvalue weighted by molar-refractivity contribution is 9.10. The monoisotopic (exact) mass is 212 g/mol. The third-order valence-electron chi connectivity index (χ3n) is 2.18. The highest BCUT2D eigenvalue weighted by atomic mass is 79.9. The number of halogens is 1. The van der Waals surface area contributed by atoms with Crippen LogP contribution in [0.25, 0.3) is 0 Å². The van der Waals surface area contributed by atoms with Crippen LogP contribution in [0, 0.1) is 0 Å². The van der Waals surface area contributed by atoms with E-state index >= 15 is 0 Å². The van der Waals surface area contributed by atoms with Gasteiger partial charge >= 0.3 is 0 Å². The first-order valence-corrected chi connectivity index (χ1v) is 4.46. The van der Waals surface area contributed by atoms with Gasteiger partial charge in [0, 0.05) is 4.47 Å². The molecule has 0 saturated heterocycles. The van der Waals surface area contributed by atoms with Gasteiger partial charge in [-0.3, -0.25) is 0 Å². The van der Waals surface area contributed by atoms with Crippen LogP contribution in [0.1, 0.15) is 11.1 Å². The Bertz CT molecular complexity index is 294. The normalized spacial score (nSPS) is 13.6. The van der Waals surface area contributed by atoms with Crippen LogP contribution in [0.2, 0.25) is 0 Å². The van der Waals surface area contributed by atoms with Gasteiger partial charge in [-0.05, 0) is 36.1 Å². The van der Waals surface area contributed by atoms with Gasteiger partial charge in [0.2, 0.25) is 0 Å². The summed E-state index contributed by atoms with van der Waals surface area (Å²) in [5.74, 6) is 1.04. The summed E-state index contributed by atoms with van der Waals surface area (Å²) in [6, 6.07) is 4.07. The number of rotatable bonds is 1. The Kier molecular flexibility index (Phi) is 1.64. The molecule has 0 bridgehead atoms. The molecule has 0 N–H and O–H groups in total. The summed E-state index contributed by atoms with van der Waals surface area (Å²) >= 11 is 3.51. The van der Waals surface area contributed by atoms with Crippen LogP contribution < -0.4 is 4.74 Å². The quantitative estimate of drug-likeness (QED) is 0.696. The summed E-state index contributed by atoms with van der Waals surface area (Å²) in [5, 5.41) is 0. The minimum atomic E-state index is 1.04. The summed E-state index contributed by atoms with van der Waals surface area (Å²) in [6.45, 7) is 0. The van der Waals surface area contributed by atoms with E-state index in [4.69, 9.17) is 4.74 Å². The molecule has 1 aromatic carbocycles. The van der Waals surface area contributed by atoms with E-state index in [9.17, 15) is 0 Å². The second kappa shape index (κ2) is 2.52. The molecule has 0 heterocycles. The van der Waals surface area contributed by atoms with E-state index in [-0.39, 0.29) is 0 Å². The van der Waals surface area contributed by atoms with E-state index in [1.165, 1.54) is 22.0 Å². The van der Waals surface area contributed by atoms with E-state index in [0.29, 0.717) is 0 Å². The average molecular weight is 213 g/mol. The van der Waals surface area contributed by atoms with Gasteiger partial charge in [-0.1, -0.05) is 15.9 Å². The van der Waals surface area contributed by atoms with Crippen LogP contribution in [-0.2, 0) is 12.8 Å². The lowest BCUT2D eigenvalue weighted by Crippen LogP contribution is -2.10. The van der Waals surface area contributed by atoms with Gasteiger partial charge in [0.1, 0.15) is 5.75 Å². The number of fused-ring (bicyclic) bond motifs is 1. The Morgan fingerprint density at radius 2 is 2.00 bits per heavy atom. The predicted molar refractivity (Wildman–Crippen MR) is 48.1 cm³/mol. The first-order chi connectivity index (χ1) is 5.33. The van der Waals surface area contributed by atoms with Crippen molar-refractivity contribution in [3.05, 3.63) is 27.7 Å². The standard InChI is InChI=1S/C9H9BrO/c1-11-9-5-4-8(10)6-2-3-7(6)9/h4-5H,2-3H2,1H3. The first kappa shape index (κ1) is 7.17. The zero-order valence-electron chi connectivity index (χ0n) is 6.36. The van der Waals surface area contributed by atoms with Crippen molar-refractivity contribution in [1.29, 1.82) is 0 Å². The average Bonchev–Trinajstić information content (AvgIpc) is 1.93. The first-order valence-electron chi connectivity index (χ1n) is 3.67. The van der Waals surface area contributed by atoms with Gasteiger partial charge in [0.15, 0.2) is 0 Å². The predicted octanol–water partition coefficient (Wildman–Crippen LogP) is 2.56. The molecule has 0 saturated carbocycles. The molecular weight excluding hydrogens is 204 g/mol. The van der Waals surface area contributed by atoms with Crippen LogP contribution in [0.15, 0.2) is 16.6 Å². The van der Waals surface area contributed by atoms with Crippen molar-refractivity contribution in [2.24, 2.45) is 0 Å². The molecule has 2 heteroatoms. The van der Waals surface area contributed by atoms with Crippen molar-refractivity contribution in [1.82, 2.24) is 0 Å². The smallest absolute Gasteiger partial charge is 0.122 e. The summed E-state index contributed by atoms with van der Waals surface area (Å²) in [5.41, 5.74) is 2.80. The SMILES string of the molecule is COc1ccc(Br)c2c1CC2. The molecule has 0 atom stereocenters. The zero-order chi connectivity index (χ0) is 7.84. The summed E-state index contributed by atoms with van der Waals surface area (Å²) in [4.78, 5) is 0. The lowest BCUT2D eigenvalue weighted by atomic mass is 9.88. The van der Waals surface area contributed by atoms with Crippen LogP contribution >= 0.6 is 15.9 Å². The van der Waals surface area contributed by atoms with E-state index in [0.717, 1.165) is 12.2 Å². The van der Waals surface area contributed by atoms with Gasteiger partial charge in [-0.15, -0.1) is 0 Å². The lowest BCUT2D eigenvalue weighted by molar-refractivity contribution is 0.405. The minimum absolute atomic E-state index is 1.04. The molecule has 1 aliphatic rings. The molecule has 58 valence electrons.